The summed E-state index contributed by atoms with van der Waals surface area (Å²) in [4.78, 5) is 0.277. The van der Waals surface area contributed by atoms with Gasteiger partial charge in [0.2, 0.25) is 10.0 Å². The molecule has 0 atom stereocenters. The zero-order valence-corrected chi connectivity index (χ0v) is 12.9. The molecule has 0 saturated carbocycles. The number of nitrogens with zero attached hydrogens (tertiary/aromatic N) is 1. The molecular formula is C11H15BrClNO2S. The van der Waals surface area contributed by atoms with Crippen LogP contribution in [0.3, 0.4) is 0 Å². The van der Waals surface area contributed by atoms with Gasteiger partial charge in [0.05, 0.1) is 4.90 Å². The van der Waals surface area contributed by atoms with E-state index in [0.717, 1.165) is 0 Å². The van der Waals surface area contributed by atoms with Crippen molar-refractivity contribution in [2.45, 2.75) is 24.8 Å². The summed E-state index contributed by atoms with van der Waals surface area (Å²) in [7, 11) is -3.49. The Balaban J connectivity index is 3.22. The SMILES string of the molecule is CC(C)N(CCCl)S(=O)(=O)c1ccccc1Br. The summed E-state index contributed by atoms with van der Waals surface area (Å²) in [6.45, 7) is 3.98. The second kappa shape index (κ2) is 6.18. The molecule has 0 amide bonds. The maximum atomic E-state index is 12.4. The van der Waals surface area contributed by atoms with Crippen molar-refractivity contribution >= 4 is 37.6 Å². The van der Waals surface area contributed by atoms with Crippen LogP contribution in [0.2, 0.25) is 0 Å². The van der Waals surface area contributed by atoms with Gasteiger partial charge in [-0.3, -0.25) is 0 Å². The maximum absolute atomic E-state index is 12.4. The molecule has 0 aliphatic carbocycles. The van der Waals surface area contributed by atoms with Crippen LogP contribution in [0, 0.1) is 0 Å². The summed E-state index contributed by atoms with van der Waals surface area (Å²) in [6, 6.07) is 6.67. The lowest BCUT2D eigenvalue weighted by Gasteiger charge is -2.25. The third kappa shape index (κ3) is 3.44. The fourth-order valence-electron chi connectivity index (χ4n) is 1.52. The van der Waals surface area contributed by atoms with Crippen molar-refractivity contribution in [3.63, 3.8) is 0 Å². The number of hydrogen-bond donors (Lipinski definition) is 0. The second-order valence-corrected chi connectivity index (χ2v) is 6.92. The van der Waals surface area contributed by atoms with Crippen LogP contribution in [0.25, 0.3) is 0 Å². The van der Waals surface area contributed by atoms with Gasteiger partial charge in [-0.25, -0.2) is 8.42 Å². The van der Waals surface area contributed by atoms with Gasteiger partial charge in [-0.1, -0.05) is 12.1 Å². The topological polar surface area (TPSA) is 37.4 Å². The molecule has 0 spiro atoms. The molecule has 1 aromatic rings. The number of alkyl halides is 1. The molecule has 3 nitrogen and oxygen atoms in total. The molecule has 1 aromatic carbocycles. The first-order valence-electron chi connectivity index (χ1n) is 5.23. The molecular weight excluding hydrogens is 326 g/mol. The minimum atomic E-state index is -3.49. The summed E-state index contributed by atoms with van der Waals surface area (Å²) in [5.41, 5.74) is 0. The third-order valence-electron chi connectivity index (χ3n) is 2.30. The van der Waals surface area contributed by atoms with E-state index in [1.165, 1.54) is 4.31 Å². The number of hydrogen-bond acceptors (Lipinski definition) is 2. The highest BCUT2D eigenvalue weighted by molar-refractivity contribution is 9.10. The van der Waals surface area contributed by atoms with E-state index < -0.39 is 10.0 Å². The van der Waals surface area contributed by atoms with Gasteiger partial charge in [0.25, 0.3) is 0 Å². The summed E-state index contributed by atoms with van der Waals surface area (Å²) >= 11 is 8.92. The normalized spacial score (nSPS) is 12.4. The molecule has 0 bridgehead atoms. The molecule has 0 saturated heterocycles. The van der Waals surface area contributed by atoms with Crippen LogP contribution in [0.5, 0.6) is 0 Å². The van der Waals surface area contributed by atoms with E-state index in [0.29, 0.717) is 11.0 Å². The Morgan fingerprint density at radius 2 is 1.94 bits per heavy atom. The summed E-state index contributed by atoms with van der Waals surface area (Å²) in [5, 5.41) is 0. The van der Waals surface area contributed by atoms with Crippen LogP contribution in [-0.4, -0.2) is 31.2 Å². The molecule has 0 N–H and O–H groups in total. The molecule has 0 aromatic heterocycles. The van der Waals surface area contributed by atoms with Crippen molar-refractivity contribution in [2.24, 2.45) is 0 Å². The van der Waals surface area contributed by atoms with Crippen molar-refractivity contribution in [1.82, 2.24) is 4.31 Å². The Morgan fingerprint density at radius 3 is 2.41 bits per heavy atom. The van der Waals surface area contributed by atoms with Crippen molar-refractivity contribution in [1.29, 1.82) is 0 Å². The fraction of sp³-hybridized carbons (Fsp3) is 0.455. The van der Waals surface area contributed by atoms with E-state index in [-0.39, 0.29) is 16.8 Å². The van der Waals surface area contributed by atoms with E-state index in [1.807, 2.05) is 13.8 Å². The quantitative estimate of drug-likeness (QED) is 0.772. The molecule has 0 unspecified atom stereocenters. The Labute approximate surface area is 116 Å². The molecule has 0 heterocycles. The molecule has 0 aliphatic rings. The minimum absolute atomic E-state index is 0.120. The van der Waals surface area contributed by atoms with Gasteiger partial charge < -0.3 is 0 Å². The van der Waals surface area contributed by atoms with Crippen LogP contribution >= 0.6 is 27.5 Å². The largest absolute Gasteiger partial charge is 0.244 e. The highest BCUT2D eigenvalue weighted by atomic mass is 79.9. The van der Waals surface area contributed by atoms with E-state index >= 15 is 0 Å². The van der Waals surface area contributed by atoms with Crippen molar-refractivity contribution in [3.05, 3.63) is 28.7 Å². The first-order chi connectivity index (χ1) is 7.91. The van der Waals surface area contributed by atoms with Gasteiger partial charge in [-0.15, -0.1) is 11.6 Å². The predicted molar refractivity (Wildman–Crippen MR) is 73.9 cm³/mol. The van der Waals surface area contributed by atoms with Gasteiger partial charge in [-0.2, -0.15) is 4.31 Å². The Hall–Kier alpha value is -0.100. The lowest BCUT2D eigenvalue weighted by atomic mass is 10.4. The van der Waals surface area contributed by atoms with Gasteiger partial charge in [0.1, 0.15) is 0 Å². The molecule has 0 fully saturated rings. The monoisotopic (exact) mass is 339 g/mol. The average Bonchev–Trinajstić information content (AvgIpc) is 2.25. The number of benzene rings is 1. The number of sulfonamides is 1. The van der Waals surface area contributed by atoms with Crippen LogP contribution in [-0.2, 0) is 10.0 Å². The summed E-state index contributed by atoms with van der Waals surface area (Å²) in [5.74, 6) is 0.280. The van der Waals surface area contributed by atoms with Crippen molar-refractivity contribution in [2.75, 3.05) is 12.4 Å². The van der Waals surface area contributed by atoms with Crippen molar-refractivity contribution < 1.29 is 8.42 Å². The zero-order chi connectivity index (χ0) is 13.1. The van der Waals surface area contributed by atoms with Crippen LogP contribution in [0.1, 0.15) is 13.8 Å². The molecule has 1 rings (SSSR count). The number of halogens is 2. The van der Waals surface area contributed by atoms with Gasteiger partial charge >= 0.3 is 0 Å². The van der Waals surface area contributed by atoms with Gasteiger partial charge in [0.15, 0.2) is 0 Å². The van der Waals surface area contributed by atoms with E-state index in [9.17, 15) is 8.42 Å². The van der Waals surface area contributed by atoms with Crippen molar-refractivity contribution in [3.8, 4) is 0 Å². The lowest BCUT2D eigenvalue weighted by molar-refractivity contribution is 0.370. The Kier molecular flexibility index (Phi) is 5.44. The van der Waals surface area contributed by atoms with Crippen LogP contribution in [0.4, 0.5) is 0 Å². The molecule has 0 radical (unpaired) electrons. The summed E-state index contributed by atoms with van der Waals surface area (Å²) < 4.78 is 26.8. The lowest BCUT2D eigenvalue weighted by Crippen LogP contribution is -2.38. The predicted octanol–water partition coefficient (Wildman–Crippen LogP) is 3.09. The van der Waals surface area contributed by atoms with E-state index in [1.54, 1.807) is 24.3 Å². The van der Waals surface area contributed by atoms with Gasteiger partial charge in [0, 0.05) is 22.9 Å². The minimum Gasteiger partial charge on any atom is -0.207 e. The van der Waals surface area contributed by atoms with Crippen LogP contribution in [0.15, 0.2) is 33.6 Å². The maximum Gasteiger partial charge on any atom is 0.244 e. The third-order valence-corrected chi connectivity index (χ3v) is 5.56. The van der Waals surface area contributed by atoms with Crippen LogP contribution < -0.4 is 0 Å². The first kappa shape index (κ1) is 15.0. The Bertz CT molecular complexity index is 476. The highest BCUT2D eigenvalue weighted by Crippen LogP contribution is 2.25. The molecule has 17 heavy (non-hydrogen) atoms. The fourth-order valence-corrected chi connectivity index (χ4v) is 4.40. The standard InChI is InChI=1S/C11H15BrClNO2S/c1-9(2)14(8-7-13)17(15,16)11-6-4-3-5-10(11)12/h3-6,9H,7-8H2,1-2H3. The smallest absolute Gasteiger partial charge is 0.207 e. The van der Waals surface area contributed by atoms with Gasteiger partial charge in [-0.05, 0) is 41.9 Å². The first-order valence-corrected chi connectivity index (χ1v) is 8.00. The molecule has 6 heteroatoms. The zero-order valence-electron chi connectivity index (χ0n) is 9.73. The van der Waals surface area contributed by atoms with E-state index in [2.05, 4.69) is 15.9 Å². The Morgan fingerprint density at radius 1 is 1.35 bits per heavy atom. The summed E-state index contributed by atoms with van der Waals surface area (Å²) in [6.07, 6.45) is 0. The molecule has 0 aliphatic heterocycles. The van der Waals surface area contributed by atoms with E-state index in [4.69, 9.17) is 11.6 Å². The average molecular weight is 341 g/mol. The highest BCUT2D eigenvalue weighted by Gasteiger charge is 2.27. The second-order valence-electron chi connectivity index (χ2n) is 3.83. The number of rotatable bonds is 5. The molecule has 96 valence electrons.